The van der Waals surface area contributed by atoms with E-state index in [1.807, 2.05) is 0 Å². The van der Waals surface area contributed by atoms with Crippen molar-refractivity contribution in [2.45, 2.75) is 12.7 Å². The van der Waals surface area contributed by atoms with E-state index in [9.17, 15) is 18.0 Å². The van der Waals surface area contributed by atoms with Crippen LogP contribution >= 0.6 is 0 Å². The molecule has 10 heteroatoms. The first-order chi connectivity index (χ1) is 11.4. The van der Waals surface area contributed by atoms with Crippen LogP contribution in [0.2, 0.25) is 0 Å². The number of H-pyrrole nitrogens is 2. The van der Waals surface area contributed by atoms with Gasteiger partial charge in [-0.05, 0) is 18.2 Å². The summed E-state index contributed by atoms with van der Waals surface area (Å²) in [6, 6.07) is 6.77. The number of amides is 1. The van der Waals surface area contributed by atoms with Crippen LogP contribution < -0.4 is 5.32 Å². The highest BCUT2D eigenvalue weighted by molar-refractivity contribution is 5.93. The minimum Gasteiger partial charge on any atom is -0.343 e. The number of aromatic amines is 2. The summed E-state index contributed by atoms with van der Waals surface area (Å²) in [5.74, 6) is -0.519. The Kier molecular flexibility index (Phi) is 4.02. The number of hydrogen-bond donors (Lipinski definition) is 3. The predicted octanol–water partition coefficient (Wildman–Crippen LogP) is 2.14. The molecule has 3 rings (SSSR count). The van der Waals surface area contributed by atoms with Crippen LogP contribution in [0, 0.1) is 0 Å². The van der Waals surface area contributed by atoms with Crippen molar-refractivity contribution in [1.29, 1.82) is 0 Å². The fourth-order valence-electron chi connectivity index (χ4n) is 1.94. The Morgan fingerprint density at radius 3 is 2.71 bits per heavy atom. The lowest BCUT2D eigenvalue weighted by molar-refractivity contribution is -0.140. The molecule has 0 spiro atoms. The van der Waals surface area contributed by atoms with Gasteiger partial charge in [0.25, 0.3) is 5.91 Å². The fraction of sp³-hybridized carbons (Fsp3) is 0.143. The van der Waals surface area contributed by atoms with Crippen molar-refractivity contribution in [1.82, 2.24) is 30.5 Å². The Bertz CT molecular complexity index is 840. The van der Waals surface area contributed by atoms with Gasteiger partial charge in [0.1, 0.15) is 22.9 Å². The molecule has 0 radical (unpaired) electrons. The molecule has 0 atom stereocenters. The zero-order valence-corrected chi connectivity index (χ0v) is 12.1. The van der Waals surface area contributed by atoms with Crippen molar-refractivity contribution in [3.05, 3.63) is 53.9 Å². The van der Waals surface area contributed by atoms with E-state index in [2.05, 4.69) is 30.5 Å². The highest BCUT2D eigenvalue weighted by Crippen LogP contribution is 2.27. The number of pyridine rings is 1. The standard InChI is InChI=1S/C14H11F3N6O/c15-14(16,17)11-6-19-12(21-11)7-20-13(24)10-5-9(22-23-10)8-3-1-2-4-18-8/h1-6H,7H2,(H,19,21)(H,20,24)(H,22,23). The first kappa shape index (κ1) is 15.7. The molecule has 0 saturated carbocycles. The summed E-state index contributed by atoms with van der Waals surface area (Å²) < 4.78 is 37.4. The van der Waals surface area contributed by atoms with Crippen LogP contribution in [0.5, 0.6) is 0 Å². The van der Waals surface area contributed by atoms with Crippen molar-refractivity contribution in [3.63, 3.8) is 0 Å². The molecule has 0 aliphatic rings. The number of nitrogens with one attached hydrogen (secondary N) is 3. The third-order valence-corrected chi connectivity index (χ3v) is 3.10. The van der Waals surface area contributed by atoms with Crippen molar-refractivity contribution < 1.29 is 18.0 Å². The number of alkyl halides is 3. The van der Waals surface area contributed by atoms with Gasteiger partial charge in [0.15, 0.2) is 0 Å². The number of carbonyl (C=O) groups is 1. The molecule has 7 nitrogen and oxygen atoms in total. The first-order valence-electron chi connectivity index (χ1n) is 6.79. The monoisotopic (exact) mass is 336 g/mol. The van der Waals surface area contributed by atoms with E-state index in [4.69, 9.17) is 0 Å². The molecule has 0 fully saturated rings. The predicted molar refractivity (Wildman–Crippen MR) is 76.6 cm³/mol. The summed E-state index contributed by atoms with van der Waals surface area (Å²) in [5.41, 5.74) is 0.274. The SMILES string of the molecule is O=C(NCc1ncc(C(F)(F)F)[nH]1)c1cc(-c2ccccn2)n[nH]1. The molecule has 0 aliphatic carbocycles. The zero-order chi connectivity index (χ0) is 17.2. The van der Waals surface area contributed by atoms with Crippen LogP contribution in [0.25, 0.3) is 11.4 Å². The van der Waals surface area contributed by atoms with E-state index in [1.165, 1.54) is 6.07 Å². The van der Waals surface area contributed by atoms with Crippen LogP contribution in [0.15, 0.2) is 36.7 Å². The highest BCUT2D eigenvalue weighted by Gasteiger charge is 2.32. The van der Waals surface area contributed by atoms with Gasteiger partial charge in [0.2, 0.25) is 0 Å². The fourth-order valence-corrected chi connectivity index (χ4v) is 1.94. The average molecular weight is 336 g/mol. The molecule has 124 valence electrons. The molecule has 1 amide bonds. The second kappa shape index (κ2) is 6.14. The van der Waals surface area contributed by atoms with Crippen LogP contribution in [0.4, 0.5) is 13.2 Å². The van der Waals surface area contributed by atoms with Crippen molar-refractivity contribution in [2.24, 2.45) is 0 Å². The van der Waals surface area contributed by atoms with Gasteiger partial charge in [-0.15, -0.1) is 0 Å². The molecule has 3 aromatic rings. The molecule has 24 heavy (non-hydrogen) atoms. The van der Waals surface area contributed by atoms with Gasteiger partial charge in [-0.2, -0.15) is 18.3 Å². The normalized spacial score (nSPS) is 11.5. The zero-order valence-electron chi connectivity index (χ0n) is 12.1. The Hall–Kier alpha value is -3.17. The third-order valence-electron chi connectivity index (χ3n) is 3.10. The maximum Gasteiger partial charge on any atom is 0.432 e. The molecule has 3 N–H and O–H groups in total. The van der Waals surface area contributed by atoms with Gasteiger partial charge in [-0.1, -0.05) is 6.07 Å². The van der Waals surface area contributed by atoms with Gasteiger partial charge < -0.3 is 10.3 Å². The lowest BCUT2D eigenvalue weighted by atomic mass is 10.2. The van der Waals surface area contributed by atoms with E-state index in [0.29, 0.717) is 17.6 Å². The largest absolute Gasteiger partial charge is 0.432 e. The summed E-state index contributed by atoms with van der Waals surface area (Å²) in [4.78, 5) is 21.8. The van der Waals surface area contributed by atoms with Gasteiger partial charge in [0.05, 0.1) is 18.4 Å². The summed E-state index contributed by atoms with van der Waals surface area (Å²) >= 11 is 0. The second-order valence-corrected chi connectivity index (χ2v) is 4.81. The second-order valence-electron chi connectivity index (χ2n) is 4.81. The molecular weight excluding hydrogens is 325 g/mol. The molecule has 0 bridgehead atoms. The number of rotatable bonds is 4. The summed E-state index contributed by atoms with van der Waals surface area (Å²) in [6.45, 7) is -0.174. The third kappa shape index (κ3) is 3.42. The number of halogens is 3. The van der Waals surface area contributed by atoms with Crippen LogP contribution in [-0.2, 0) is 12.7 Å². The maximum absolute atomic E-state index is 12.5. The van der Waals surface area contributed by atoms with Gasteiger partial charge in [0, 0.05) is 6.20 Å². The summed E-state index contributed by atoms with van der Waals surface area (Å²) in [7, 11) is 0. The maximum atomic E-state index is 12.5. The minimum absolute atomic E-state index is 0.000129. The van der Waals surface area contributed by atoms with Gasteiger partial charge in [-0.3, -0.25) is 14.9 Å². The summed E-state index contributed by atoms with van der Waals surface area (Å²) in [6.07, 6.45) is -2.23. The van der Waals surface area contributed by atoms with E-state index < -0.39 is 17.8 Å². The quantitative estimate of drug-likeness (QED) is 0.680. The van der Waals surface area contributed by atoms with Crippen molar-refractivity contribution >= 4 is 5.91 Å². The average Bonchev–Trinajstić information content (AvgIpc) is 3.22. The number of imidazole rings is 1. The topological polar surface area (TPSA) is 99.3 Å². The minimum atomic E-state index is -4.50. The van der Waals surface area contributed by atoms with Gasteiger partial charge >= 0.3 is 6.18 Å². The van der Waals surface area contributed by atoms with Crippen LogP contribution in [0.1, 0.15) is 22.0 Å². The number of aromatic nitrogens is 5. The van der Waals surface area contributed by atoms with Crippen LogP contribution in [0.3, 0.4) is 0 Å². The van der Waals surface area contributed by atoms with Crippen molar-refractivity contribution in [3.8, 4) is 11.4 Å². The smallest absolute Gasteiger partial charge is 0.343 e. The highest BCUT2D eigenvalue weighted by atomic mass is 19.4. The van der Waals surface area contributed by atoms with E-state index in [-0.39, 0.29) is 18.1 Å². The molecule has 0 aliphatic heterocycles. The molecular formula is C14H11F3N6O. The van der Waals surface area contributed by atoms with Gasteiger partial charge in [-0.25, -0.2) is 4.98 Å². The molecule has 3 heterocycles. The van der Waals surface area contributed by atoms with E-state index in [1.54, 1.807) is 24.4 Å². The lowest BCUT2D eigenvalue weighted by Gasteiger charge is -2.02. The Morgan fingerprint density at radius 1 is 1.21 bits per heavy atom. The number of hydrogen-bond acceptors (Lipinski definition) is 4. The lowest BCUT2D eigenvalue weighted by Crippen LogP contribution is -2.23. The molecule has 3 aromatic heterocycles. The molecule has 0 aromatic carbocycles. The van der Waals surface area contributed by atoms with Crippen LogP contribution in [-0.4, -0.2) is 31.1 Å². The number of carbonyl (C=O) groups excluding carboxylic acids is 1. The molecule has 0 saturated heterocycles. The first-order valence-corrected chi connectivity index (χ1v) is 6.79. The number of nitrogens with zero attached hydrogens (tertiary/aromatic N) is 3. The van der Waals surface area contributed by atoms with E-state index in [0.717, 1.165) is 0 Å². The Balaban J connectivity index is 1.64. The Morgan fingerprint density at radius 2 is 2.04 bits per heavy atom. The van der Waals surface area contributed by atoms with Crippen molar-refractivity contribution in [2.75, 3.05) is 0 Å². The molecule has 0 unspecified atom stereocenters. The summed E-state index contributed by atoms with van der Waals surface area (Å²) in [5, 5.41) is 8.99. The Labute approximate surface area is 133 Å². The van der Waals surface area contributed by atoms with E-state index >= 15 is 0 Å².